The highest BCUT2D eigenvalue weighted by Crippen LogP contribution is 2.40. The molecular formula is C15H9Cl2NO2. The fraction of sp³-hybridized carbons (Fsp3) is 0.0667. The zero-order valence-electron chi connectivity index (χ0n) is 10.5. The van der Waals surface area contributed by atoms with Crippen LogP contribution in [0.2, 0.25) is 10.0 Å². The molecule has 2 aromatic rings. The van der Waals surface area contributed by atoms with Crippen molar-refractivity contribution < 1.29 is 9.59 Å². The average molecular weight is 306 g/mol. The number of hydrogen-bond acceptors (Lipinski definition) is 2. The van der Waals surface area contributed by atoms with Gasteiger partial charge < -0.3 is 0 Å². The highest BCUT2D eigenvalue weighted by atomic mass is 35.5. The van der Waals surface area contributed by atoms with Crippen LogP contribution in [0.3, 0.4) is 0 Å². The zero-order valence-corrected chi connectivity index (χ0v) is 12.0. The van der Waals surface area contributed by atoms with Crippen LogP contribution in [-0.2, 0) is 9.59 Å². The summed E-state index contributed by atoms with van der Waals surface area (Å²) in [6.07, 6.45) is 1.31. The third-order valence-electron chi connectivity index (χ3n) is 3.24. The fourth-order valence-electron chi connectivity index (χ4n) is 2.31. The van der Waals surface area contributed by atoms with Crippen LogP contribution in [0.5, 0.6) is 0 Å². The minimum absolute atomic E-state index is 0.276. The van der Waals surface area contributed by atoms with Crippen molar-refractivity contribution in [2.75, 3.05) is 4.90 Å². The Morgan fingerprint density at radius 2 is 1.65 bits per heavy atom. The summed E-state index contributed by atoms with van der Waals surface area (Å²) in [7, 11) is 0. The smallest absolute Gasteiger partial charge is 0.261 e. The van der Waals surface area contributed by atoms with Crippen molar-refractivity contribution in [1.29, 1.82) is 0 Å². The van der Waals surface area contributed by atoms with Crippen molar-refractivity contribution in [3.63, 3.8) is 0 Å². The number of carbonyl (C=O) groups is 2. The minimum atomic E-state index is -0.387. The first-order chi connectivity index (χ1) is 9.50. The van der Waals surface area contributed by atoms with Crippen molar-refractivity contribution >= 4 is 51.5 Å². The Morgan fingerprint density at radius 3 is 2.25 bits per heavy atom. The molecule has 3 rings (SSSR count). The molecule has 20 heavy (non-hydrogen) atoms. The van der Waals surface area contributed by atoms with Gasteiger partial charge >= 0.3 is 0 Å². The van der Waals surface area contributed by atoms with Gasteiger partial charge in [0.1, 0.15) is 0 Å². The van der Waals surface area contributed by atoms with E-state index < -0.39 is 0 Å². The Balaban J connectivity index is 2.33. The Morgan fingerprint density at radius 1 is 1.00 bits per heavy atom. The summed E-state index contributed by atoms with van der Waals surface area (Å²) < 4.78 is 0. The predicted octanol–water partition coefficient (Wildman–Crippen LogP) is 3.97. The molecule has 1 heterocycles. The fourth-order valence-corrected chi connectivity index (χ4v) is 2.94. The van der Waals surface area contributed by atoms with E-state index in [9.17, 15) is 9.59 Å². The van der Waals surface area contributed by atoms with Crippen LogP contribution in [0.1, 0.15) is 6.92 Å². The highest BCUT2D eigenvalue weighted by Gasteiger charge is 2.32. The SMILES string of the molecule is CC1=CC(=O)N(c2c(Cl)cc(Cl)c3ccccc23)C1=O. The Kier molecular flexibility index (Phi) is 3.04. The summed E-state index contributed by atoms with van der Waals surface area (Å²) in [4.78, 5) is 25.2. The first-order valence-corrected chi connectivity index (χ1v) is 6.70. The van der Waals surface area contributed by atoms with E-state index in [0.717, 1.165) is 10.3 Å². The number of hydrogen-bond donors (Lipinski definition) is 0. The second kappa shape index (κ2) is 4.62. The number of nitrogens with zero attached hydrogens (tertiary/aromatic N) is 1. The van der Waals surface area contributed by atoms with Gasteiger partial charge in [-0.2, -0.15) is 0 Å². The predicted molar refractivity (Wildman–Crippen MR) is 80.2 cm³/mol. The van der Waals surface area contributed by atoms with Gasteiger partial charge in [-0.25, -0.2) is 4.90 Å². The van der Waals surface area contributed by atoms with Crippen molar-refractivity contribution in [3.8, 4) is 0 Å². The maximum Gasteiger partial charge on any atom is 0.261 e. The number of amides is 2. The summed E-state index contributed by atoms with van der Waals surface area (Å²) >= 11 is 12.4. The van der Waals surface area contributed by atoms with E-state index in [0.29, 0.717) is 21.7 Å². The van der Waals surface area contributed by atoms with Crippen LogP contribution >= 0.6 is 23.2 Å². The van der Waals surface area contributed by atoms with Crippen molar-refractivity contribution in [1.82, 2.24) is 0 Å². The molecule has 0 spiro atoms. The molecule has 0 bridgehead atoms. The van der Waals surface area contributed by atoms with E-state index in [-0.39, 0.29) is 16.8 Å². The Hall–Kier alpha value is -1.84. The molecule has 3 nitrogen and oxygen atoms in total. The number of imide groups is 1. The van der Waals surface area contributed by atoms with Crippen LogP contribution < -0.4 is 4.90 Å². The molecule has 0 radical (unpaired) electrons. The molecule has 1 aliphatic heterocycles. The summed E-state index contributed by atoms with van der Waals surface area (Å²) in [5.41, 5.74) is 0.778. The number of fused-ring (bicyclic) bond motifs is 1. The summed E-state index contributed by atoms with van der Waals surface area (Å²) in [5.74, 6) is -0.744. The largest absolute Gasteiger partial charge is 0.269 e. The molecule has 0 saturated carbocycles. The molecule has 1 aliphatic rings. The molecule has 2 aromatic carbocycles. The lowest BCUT2D eigenvalue weighted by Crippen LogP contribution is -2.31. The standard InChI is InChI=1S/C15H9Cl2NO2/c1-8-6-13(19)18(15(8)20)14-10-5-3-2-4-9(10)11(16)7-12(14)17/h2-7H,1H3. The maximum atomic E-state index is 12.1. The van der Waals surface area contributed by atoms with Crippen molar-refractivity contribution in [3.05, 3.63) is 52.0 Å². The molecule has 0 unspecified atom stereocenters. The minimum Gasteiger partial charge on any atom is -0.269 e. The van der Waals surface area contributed by atoms with E-state index >= 15 is 0 Å². The average Bonchev–Trinajstić information content (AvgIpc) is 2.65. The number of carbonyl (C=O) groups excluding carboxylic acids is 2. The van der Waals surface area contributed by atoms with Gasteiger partial charge in [0.05, 0.1) is 15.7 Å². The van der Waals surface area contributed by atoms with Crippen LogP contribution in [0, 0.1) is 0 Å². The molecule has 0 saturated heterocycles. The molecule has 0 aromatic heterocycles. The molecule has 0 atom stereocenters. The summed E-state index contributed by atoms with van der Waals surface area (Å²) in [5, 5.41) is 2.19. The van der Waals surface area contributed by atoms with E-state index in [1.807, 2.05) is 18.2 Å². The topological polar surface area (TPSA) is 37.4 Å². The monoisotopic (exact) mass is 305 g/mol. The Labute approximate surface area is 125 Å². The lowest BCUT2D eigenvalue weighted by molar-refractivity contribution is -0.120. The van der Waals surface area contributed by atoms with Gasteiger partial charge in [-0.3, -0.25) is 9.59 Å². The first-order valence-electron chi connectivity index (χ1n) is 5.94. The van der Waals surface area contributed by atoms with E-state index in [2.05, 4.69) is 0 Å². The maximum absolute atomic E-state index is 12.1. The number of anilines is 1. The second-order valence-corrected chi connectivity index (χ2v) is 5.35. The molecule has 0 N–H and O–H groups in total. The summed E-state index contributed by atoms with van der Waals surface area (Å²) in [6, 6.07) is 8.81. The van der Waals surface area contributed by atoms with Crippen molar-refractivity contribution in [2.24, 2.45) is 0 Å². The highest BCUT2D eigenvalue weighted by molar-refractivity contribution is 6.44. The van der Waals surface area contributed by atoms with Crippen LogP contribution in [0.25, 0.3) is 10.8 Å². The van der Waals surface area contributed by atoms with Gasteiger partial charge in [0.25, 0.3) is 11.8 Å². The normalized spacial score (nSPS) is 15.2. The number of rotatable bonds is 1. The molecule has 2 amide bonds. The van der Waals surface area contributed by atoms with Gasteiger partial charge in [0.2, 0.25) is 0 Å². The second-order valence-electron chi connectivity index (χ2n) is 4.54. The lowest BCUT2D eigenvalue weighted by Gasteiger charge is -2.19. The number of benzene rings is 2. The Bertz CT molecular complexity index is 796. The van der Waals surface area contributed by atoms with E-state index in [1.165, 1.54) is 6.08 Å². The quantitative estimate of drug-likeness (QED) is 0.748. The molecule has 0 fully saturated rings. The molecule has 0 aliphatic carbocycles. The van der Waals surface area contributed by atoms with Crippen LogP contribution in [-0.4, -0.2) is 11.8 Å². The van der Waals surface area contributed by atoms with Crippen LogP contribution in [0.4, 0.5) is 5.69 Å². The third kappa shape index (κ3) is 1.82. The molecule has 5 heteroatoms. The molecular weight excluding hydrogens is 297 g/mol. The zero-order chi connectivity index (χ0) is 14.4. The van der Waals surface area contributed by atoms with Gasteiger partial charge in [-0.05, 0) is 13.0 Å². The summed E-state index contributed by atoms with van der Waals surface area (Å²) in [6.45, 7) is 1.60. The van der Waals surface area contributed by atoms with Gasteiger partial charge in [-0.1, -0.05) is 47.5 Å². The first kappa shape index (κ1) is 13.2. The van der Waals surface area contributed by atoms with Gasteiger partial charge in [-0.15, -0.1) is 0 Å². The lowest BCUT2D eigenvalue weighted by atomic mass is 10.1. The van der Waals surface area contributed by atoms with Crippen LogP contribution in [0.15, 0.2) is 42.0 Å². The van der Waals surface area contributed by atoms with Gasteiger partial charge in [0, 0.05) is 22.4 Å². The third-order valence-corrected chi connectivity index (χ3v) is 3.84. The number of halogens is 2. The van der Waals surface area contributed by atoms with Crippen molar-refractivity contribution in [2.45, 2.75) is 6.92 Å². The van der Waals surface area contributed by atoms with Gasteiger partial charge in [0.15, 0.2) is 0 Å². The van der Waals surface area contributed by atoms with E-state index in [1.54, 1.807) is 19.1 Å². The molecule has 100 valence electrons. The van der Waals surface area contributed by atoms with E-state index in [4.69, 9.17) is 23.2 Å².